The molecule has 1 rings (SSSR count). The van der Waals surface area contributed by atoms with Crippen molar-refractivity contribution in [3.8, 4) is 0 Å². The van der Waals surface area contributed by atoms with Crippen LogP contribution in [0.25, 0.3) is 0 Å². The normalized spacial score (nSPS) is 12.5. The molecule has 0 aromatic heterocycles. The van der Waals surface area contributed by atoms with Gasteiger partial charge in [-0.3, -0.25) is 4.79 Å². The van der Waals surface area contributed by atoms with E-state index in [-0.39, 0.29) is 11.9 Å². The van der Waals surface area contributed by atoms with Gasteiger partial charge in [-0.1, -0.05) is 30.3 Å². The van der Waals surface area contributed by atoms with E-state index in [0.29, 0.717) is 6.54 Å². The van der Waals surface area contributed by atoms with Crippen LogP contribution in [0.5, 0.6) is 0 Å². The smallest absolute Gasteiger partial charge is 0.275 e. The Labute approximate surface area is 104 Å². The van der Waals surface area contributed by atoms with Crippen LogP contribution in [0.15, 0.2) is 30.3 Å². The van der Waals surface area contributed by atoms with Crippen LogP contribution in [0, 0.1) is 0 Å². The summed E-state index contributed by atoms with van der Waals surface area (Å²) in [6.45, 7) is 8.77. The first-order valence-corrected chi connectivity index (χ1v) is 6.35. The Morgan fingerprint density at radius 1 is 1.24 bits per heavy atom. The molecular weight excluding hydrogens is 212 g/mol. The fourth-order valence-corrected chi connectivity index (χ4v) is 1.84. The molecule has 0 saturated heterocycles. The minimum Gasteiger partial charge on any atom is -0.345 e. The Kier molecular flexibility index (Phi) is 5.70. The van der Waals surface area contributed by atoms with Crippen molar-refractivity contribution in [3.63, 3.8) is 0 Å². The quantitative estimate of drug-likeness (QED) is 0.751. The first-order chi connectivity index (χ1) is 8.17. The largest absolute Gasteiger partial charge is 0.345 e. The van der Waals surface area contributed by atoms with Crippen LogP contribution in [0.1, 0.15) is 32.4 Å². The van der Waals surface area contributed by atoms with Crippen molar-refractivity contribution >= 4 is 5.91 Å². The maximum Gasteiger partial charge on any atom is 0.275 e. The molecule has 3 nitrogen and oxygen atoms in total. The Morgan fingerprint density at radius 2 is 1.82 bits per heavy atom. The molecule has 17 heavy (non-hydrogen) atoms. The molecular formula is C14H23N2O+. The predicted octanol–water partition coefficient (Wildman–Crippen LogP) is 0.788. The van der Waals surface area contributed by atoms with Crippen LogP contribution < -0.4 is 10.2 Å². The lowest BCUT2D eigenvalue weighted by Crippen LogP contribution is -3.12. The molecule has 0 spiro atoms. The predicted molar refractivity (Wildman–Crippen MR) is 69.9 cm³/mol. The molecule has 0 aliphatic carbocycles. The van der Waals surface area contributed by atoms with Gasteiger partial charge in [0.15, 0.2) is 6.54 Å². The van der Waals surface area contributed by atoms with Gasteiger partial charge < -0.3 is 10.2 Å². The van der Waals surface area contributed by atoms with Crippen LogP contribution >= 0.6 is 0 Å². The minimum absolute atomic E-state index is 0.0821. The van der Waals surface area contributed by atoms with Crippen molar-refractivity contribution in [3.05, 3.63) is 35.9 Å². The lowest BCUT2D eigenvalue weighted by Gasteiger charge is -2.18. The molecule has 0 saturated carbocycles. The lowest BCUT2D eigenvalue weighted by molar-refractivity contribution is -0.888. The van der Waals surface area contributed by atoms with E-state index in [2.05, 4.69) is 19.2 Å². The number of hydrogen-bond acceptors (Lipinski definition) is 1. The fraction of sp³-hybridized carbons (Fsp3) is 0.500. The number of rotatable bonds is 6. The standard InChI is InChI=1S/C14H22N2O/c1-4-16(5-2)11-14(17)15-12(3)13-9-7-6-8-10-13/h6-10,12H,4-5,11H2,1-3H3,(H,15,17)/p+1/t12-/m0/s1. The highest BCUT2D eigenvalue weighted by atomic mass is 16.2. The molecule has 1 aromatic carbocycles. The van der Waals surface area contributed by atoms with Crippen molar-refractivity contribution in [2.75, 3.05) is 19.6 Å². The molecule has 3 heteroatoms. The van der Waals surface area contributed by atoms with E-state index in [1.165, 1.54) is 4.90 Å². The van der Waals surface area contributed by atoms with Gasteiger partial charge in [-0.05, 0) is 26.3 Å². The van der Waals surface area contributed by atoms with Gasteiger partial charge in [0, 0.05) is 0 Å². The number of carbonyl (C=O) groups excluding carboxylic acids is 1. The number of nitrogens with one attached hydrogen (secondary N) is 2. The maximum absolute atomic E-state index is 11.8. The zero-order chi connectivity index (χ0) is 12.7. The summed E-state index contributed by atoms with van der Waals surface area (Å²) in [5.74, 6) is 0.125. The fourth-order valence-electron chi connectivity index (χ4n) is 1.84. The monoisotopic (exact) mass is 235 g/mol. The zero-order valence-electron chi connectivity index (χ0n) is 11.0. The third-order valence-electron chi connectivity index (χ3n) is 3.09. The van der Waals surface area contributed by atoms with Crippen molar-refractivity contribution in [2.45, 2.75) is 26.8 Å². The van der Waals surface area contributed by atoms with E-state index in [1.807, 2.05) is 37.3 Å². The van der Waals surface area contributed by atoms with Crippen LogP contribution in [-0.2, 0) is 4.79 Å². The second-order valence-corrected chi connectivity index (χ2v) is 4.33. The van der Waals surface area contributed by atoms with E-state index in [9.17, 15) is 4.79 Å². The van der Waals surface area contributed by atoms with Crippen molar-refractivity contribution in [1.82, 2.24) is 5.32 Å². The highest BCUT2D eigenvalue weighted by Gasteiger charge is 2.13. The Bertz CT molecular complexity index is 333. The van der Waals surface area contributed by atoms with Crippen molar-refractivity contribution in [1.29, 1.82) is 0 Å². The molecule has 2 N–H and O–H groups in total. The highest BCUT2D eigenvalue weighted by molar-refractivity contribution is 5.77. The van der Waals surface area contributed by atoms with E-state index in [1.54, 1.807) is 0 Å². The van der Waals surface area contributed by atoms with Crippen molar-refractivity contribution < 1.29 is 9.69 Å². The summed E-state index contributed by atoms with van der Waals surface area (Å²) in [7, 11) is 0. The second kappa shape index (κ2) is 7.07. The van der Waals surface area contributed by atoms with Crippen LogP contribution in [-0.4, -0.2) is 25.5 Å². The Balaban J connectivity index is 2.46. The second-order valence-electron chi connectivity index (χ2n) is 4.33. The molecule has 0 heterocycles. The number of amides is 1. The van der Waals surface area contributed by atoms with E-state index in [4.69, 9.17) is 0 Å². The summed E-state index contributed by atoms with van der Waals surface area (Å²) in [6.07, 6.45) is 0. The molecule has 0 fully saturated rings. The van der Waals surface area contributed by atoms with Gasteiger partial charge in [0.05, 0.1) is 19.1 Å². The summed E-state index contributed by atoms with van der Waals surface area (Å²) in [4.78, 5) is 13.1. The van der Waals surface area contributed by atoms with Gasteiger partial charge in [-0.25, -0.2) is 0 Å². The summed E-state index contributed by atoms with van der Waals surface area (Å²) < 4.78 is 0. The molecule has 1 amide bonds. The summed E-state index contributed by atoms with van der Waals surface area (Å²) in [5, 5.41) is 3.04. The molecule has 0 aliphatic rings. The third-order valence-corrected chi connectivity index (χ3v) is 3.09. The van der Waals surface area contributed by atoms with Crippen LogP contribution in [0.2, 0.25) is 0 Å². The van der Waals surface area contributed by atoms with Gasteiger partial charge in [-0.15, -0.1) is 0 Å². The molecule has 0 radical (unpaired) electrons. The minimum atomic E-state index is 0.0821. The van der Waals surface area contributed by atoms with Crippen molar-refractivity contribution in [2.24, 2.45) is 0 Å². The first kappa shape index (κ1) is 13.7. The SMILES string of the molecule is CC[NH+](CC)CC(=O)N[C@@H](C)c1ccccc1. The topological polar surface area (TPSA) is 33.5 Å². The summed E-state index contributed by atoms with van der Waals surface area (Å²) in [5.41, 5.74) is 1.15. The van der Waals surface area contributed by atoms with Gasteiger partial charge in [0.1, 0.15) is 0 Å². The summed E-state index contributed by atoms with van der Waals surface area (Å²) in [6, 6.07) is 10.1. The van der Waals surface area contributed by atoms with E-state index < -0.39 is 0 Å². The van der Waals surface area contributed by atoms with E-state index in [0.717, 1.165) is 18.7 Å². The number of quaternary nitrogens is 1. The molecule has 1 atom stereocenters. The Hall–Kier alpha value is -1.35. The average Bonchev–Trinajstić information content (AvgIpc) is 2.37. The third kappa shape index (κ3) is 4.57. The van der Waals surface area contributed by atoms with Gasteiger partial charge in [0.2, 0.25) is 0 Å². The molecule has 1 aromatic rings. The molecule has 94 valence electrons. The van der Waals surface area contributed by atoms with Gasteiger partial charge in [0.25, 0.3) is 5.91 Å². The summed E-state index contributed by atoms with van der Waals surface area (Å²) >= 11 is 0. The average molecular weight is 235 g/mol. The molecule has 0 aliphatic heterocycles. The number of hydrogen-bond donors (Lipinski definition) is 2. The van der Waals surface area contributed by atoms with Crippen LogP contribution in [0.3, 0.4) is 0 Å². The van der Waals surface area contributed by atoms with E-state index >= 15 is 0 Å². The maximum atomic E-state index is 11.8. The number of carbonyl (C=O) groups is 1. The number of benzene rings is 1. The lowest BCUT2D eigenvalue weighted by atomic mass is 10.1. The van der Waals surface area contributed by atoms with Gasteiger partial charge in [-0.2, -0.15) is 0 Å². The molecule has 0 bridgehead atoms. The zero-order valence-corrected chi connectivity index (χ0v) is 11.0. The van der Waals surface area contributed by atoms with Crippen LogP contribution in [0.4, 0.5) is 0 Å². The van der Waals surface area contributed by atoms with Gasteiger partial charge >= 0.3 is 0 Å². The Morgan fingerprint density at radius 3 is 2.35 bits per heavy atom. The molecule has 0 unspecified atom stereocenters. The first-order valence-electron chi connectivity index (χ1n) is 6.35. The number of likely N-dealkylation sites (N-methyl/N-ethyl adjacent to an activating group) is 1. The highest BCUT2D eigenvalue weighted by Crippen LogP contribution is 2.10.